The van der Waals surface area contributed by atoms with E-state index in [4.69, 9.17) is 23.7 Å². The average Bonchev–Trinajstić information content (AvgIpc) is 3.29. The Morgan fingerprint density at radius 1 is 0.846 bits per heavy atom. The van der Waals surface area contributed by atoms with E-state index in [2.05, 4.69) is 21.9 Å². The summed E-state index contributed by atoms with van der Waals surface area (Å²) < 4.78 is 27.6. The van der Waals surface area contributed by atoms with E-state index in [1.807, 2.05) is 12.1 Å². The van der Waals surface area contributed by atoms with Gasteiger partial charge in [-0.2, -0.15) is 0 Å². The topological polar surface area (TPSA) is 89.9 Å². The van der Waals surface area contributed by atoms with Gasteiger partial charge in [-0.15, -0.1) is 0 Å². The summed E-state index contributed by atoms with van der Waals surface area (Å²) in [5.41, 5.74) is 2.77. The molecule has 0 aromatic heterocycles. The molecule has 204 valence electrons. The van der Waals surface area contributed by atoms with Crippen molar-refractivity contribution in [3.05, 3.63) is 71.0 Å². The highest BCUT2D eigenvalue weighted by Gasteiger charge is 2.32. The van der Waals surface area contributed by atoms with Crippen molar-refractivity contribution in [2.75, 3.05) is 59.5 Å². The Morgan fingerprint density at radius 2 is 1.51 bits per heavy atom. The fourth-order valence-corrected chi connectivity index (χ4v) is 4.94. The van der Waals surface area contributed by atoms with Gasteiger partial charge in [0.15, 0.2) is 17.3 Å². The lowest BCUT2D eigenvalue weighted by molar-refractivity contribution is 0.101. The van der Waals surface area contributed by atoms with Gasteiger partial charge in [0.05, 0.1) is 39.6 Å². The Bertz CT molecular complexity index is 1390. The van der Waals surface area contributed by atoms with E-state index in [9.17, 15) is 9.90 Å². The average molecular weight is 533 g/mol. The fraction of sp³-hybridized carbons (Fsp3) is 0.300. The van der Waals surface area contributed by atoms with Crippen LogP contribution in [0.2, 0.25) is 0 Å². The summed E-state index contributed by atoms with van der Waals surface area (Å²) in [6.07, 6.45) is 1.62. The molecular weight excluding hydrogens is 500 g/mol. The first-order valence-corrected chi connectivity index (χ1v) is 12.7. The predicted octanol–water partition coefficient (Wildman–Crippen LogP) is 4.37. The van der Waals surface area contributed by atoms with Crippen molar-refractivity contribution in [2.24, 2.45) is 0 Å². The third-order valence-electron chi connectivity index (χ3n) is 7.13. The molecule has 0 atom stereocenters. The summed E-state index contributed by atoms with van der Waals surface area (Å²) in [6.45, 7) is 3.74. The maximum Gasteiger partial charge on any atom is 0.231 e. The van der Waals surface area contributed by atoms with Crippen LogP contribution in [0.5, 0.6) is 34.5 Å². The van der Waals surface area contributed by atoms with Gasteiger partial charge in [-0.05, 0) is 48.5 Å². The largest absolute Gasteiger partial charge is 0.507 e. The van der Waals surface area contributed by atoms with E-state index in [1.54, 1.807) is 58.8 Å². The number of hydrogen-bond acceptors (Lipinski definition) is 9. The molecule has 3 aromatic rings. The highest BCUT2D eigenvalue weighted by molar-refractivity contribution is 6.15. The minimum Gasteiger partial charge on any atom is -0.507 e. The number of hydrogen-bond donors (Lipinski definition) is 1. The van der Waals surface area contributed by atoms with E-state index in [0.717, 1.165) is 37.6 Å². The molecular formula is C30H32N2O7. The van der Waals surface area contributed by atoms with Crippen molar-refractivity contribution in [1.29, 1.82) is 0 Å². The SMILES string of the molecule is COc1ccc(N2CCN(Cc3c(O)ccc4c3O/C(=C\c3cc(OC)c(OC)cc3OC)C4=O)CC2)cc1. The zero-order valence-corrected chi connectivity index (χ0v) is 22.5. The fourth-order valence-electron chi connectivity index (χ4n) is 4.94. The summed E-state index contributed by atoms with van der Waals surface area (Å²) >= 11 is 0. The Labute approximate surface area is 227 Å². The number of carbonyl (C=O) groups is 1. The van der Waals surface area contributed by atoms with Gasteiger partial charge >= 0.3 is 0 Å². The molecule has 1 saturated heterocycles. The maximum absolute atomic E-state index is 13.3. The van der Waals surface area contributed by atoms with Crippen LogP contribution in [0.25, 0.3) is 6.08 Å². The zero-order chi connectivity index (χ0) is 27.5. The Hall–Kier alpha value is -4.37. The van der Waals surface area contributed by atoms with Crippen LogP contribution < -0.4 is 28.6 Å². The Balaban J connectivity index is 1.34. The van der Waals surface area contributed by atoms with E-state index < -0.39 is 0 Å². The van der Waals surface area contributed by atoms with Crippen LogP contribution >= 0.6 is 0 Å². The molecule has 9 nitrogen and oxygen atoms in total. The third-order valence-corrected chi connectivity index (χ3v) is 7.13. The normalized spacial score (nSPS) is 16.2. The Kier molecular flexibility index (Phi) is 7.51. The number of piperazine rings is 1. The van der Waals surface area contributed by atoms with Gasteiger partial charge in [-0.1, -0.05) is 0 Å². The predicted molar refractivity (Wildman–Crippen MR) is 148 cm³/mol. The molecule has 0 aliphatic carbocycles. The number of aromatic hydroxyl groups is 1. The molecule has 2 heterocycles. The second kappa shape index (κ2) is 11.2. The molecule has 0 saturated carbocycles. The number of anilines is 1. The molecule has 1 N–H and O–H groups in total. The van der Waals surface area contributed by atoms with Crippen LogP contribution in [0.3, 0.4) is 0 Å². The second-order valence-corrected chi connectivity index (χ2v) is 9.29. The van der Waals surface area contributed by atoms with E-state index in [1.165, 1.54) is 0 Å². The number of ether oxygens (including phenoxy) is 5. The molecule has 0 unspecified atom stereocenters. The minimum atomic E-state index is -0.257. The molecule has 0 spiro atoms. The molecule has 0 amide bonds. The molecule has 2 aliphatic heterocycles. The van der Waals surface area contributed by atoms with Crippen LogP contribution in [-0.2, 0) is 6.54 Å². The molecule has 1 fully saturated rings. The number of carbonyl (C=O) groups excluding carboxylic acids is 1. The van der Waals surface area contributed by atoms with Crippen LogP contribution in [0, 0.1) is 0 Å². The smallest absolute Gasteiger partial charge is 0.231 e. The first-order valence-electron chi connectivity index (χ1n) is 12.7. The number of ketones is 1. The number of Topliss-reactive ketones (excluding diaryl/α,β-unsaturated/α-hetero) is 1. The molecule has 3 aromatic carbocycles. The van der Waals surface area contributed by atoms with E-state index >= 15 is 0 Å². The summed E-state index contributed by atoms with van der Waals surface area (Å²) in [4.78, 5) is 17.9. The number of nitrogens with zero attached hydrogens (tertiary/aromatic N) is 2. The summed E-state index contributed by atoms with van der Waals surface area (Å²) in [5.74, 6) is 2.73. The highest BCUT2D eigenvalue weighted by Crippen LogP contribution is 2.42. The quantitative estimate of drug-likeness (QED) is 0.425. The Morgan fingerprint density at radius 3 is 2.15 bits per heavy atom. The van der Waals surface area contributed by atoms with Crippen molar-refractivity contribution >= 4 is 17.5 Å². The van der Waals surface area contributed by atoms with Crippen molar-refractivity contribution in [2.45, 2.75) is 6.54 Å². The van der Waals surface area contributed by atoms with Gasteiger partial charge in [0.25, 0.3) is 0 Å². The molecule has 39 heavy (non-hydrogen) atoms. The monoisotopic (exact) mass is 532 g/mol. The first kappa shape index (κ1) is 26.2. The van der Waals surface area contributed by atoms with E-state index in [-0.39, 0.29) is 17.3 Å². The van der Waals surface area contributed by atoms with Crippen molar-refractivity contribution in [1.82, 2.24) is 4.90 Å². The molecule has 0 radical (unpaired) electrons. The minimum absolute atomic E-state index is 0.101. The third kappa shape index (κ3) is 5.18. The van der Waals surface area contributed by atoms with Crippen LogP contribution in [0.15, 0.2) is 54.3 Å². The number of allylic oxidation sites excluding steroid dienone is 1. The molecule has 9 heteroatoms. The van der Waals surface area contributed by atoms with Crippen molar-refractivity contribution < 1.29 is 33.6 Å². The van der Waals surface area contributed by atoms with Gasteiger partial charge in [0, 0.05) is 50.0 Å². The molecule has 0 bridgehead atoms. The van der Waals surface area contributed by atoms with Gasteiger partial charge in [0.1, 0.15) is 23.0 Å². The van der Waals surface area contributed by atoms with Gasteiger partial charge < -0.3 is 33.7 Å². The highest BCUT2D eigenvalue weighted by atomic mass is 16.5. The zero-order valence-electron chi connectivity index (χ0n) is 22.5. The van der Waals surface area contributed by atoms with Gasteiger partial charge in [0.2, 0.25) is 5.78 Å². The number of fused-ring (bicyclic) bond motifs is 1. The summed E-state index contributed by atoms with van der Waals surface area (Å²) in [5, 5.41) is 10.7. The molecule has 2 aliphatic rings. The second-order valence-electron chi connectivity index (χ2n) is 9.29. The lowest BCUT2D eigenvalue weighted by Gasteiger charge is -2.36. The van der Waals surface area contributed by atoms with Crippen molar-refractivity contribution in [3.8, 4) is 34.5 Å². The van der Waals surface area contributed by atoms with Gasteiger partial charge in [-0.3, -0.25) is 9.69 Å². The van der Waals surface area contributed by atoms with E-state index in [0.29, 0.717) is 46.2 Å². The lowest BCUT2D eigenvalue weighted by Crippen LogP contribution is -2.46. The van der Waals surface area contributed by atoms with Crippen molar-refractivity contribution in [3.63, 3.8) is 0 Å². The standard InChI is InChI=1S/C30H32N2O7/c1-35-21-7-5-20(6-8-21)32-13-11-31(12-14-32)18-23-24(33)10-9-22-29(34)28(39-30(22)23)16-19-15-26(37-3)27(38-4)17-25(19)36-2/h5-10,15-17,33H,11-14,18H2,1-4H3/b28-16-. The van der Waals surface area contributed by atoms with Crippen LogP contribution in [0.1, 0.15) is 21.5 Å². The maximum atomic E-state index is 13.3. The number of rotatable bonds is 8. The van der Waals surface area contributed by atoms with Gasteiger partial charge in [-0.25, -0.2) is 0 Å². The molecule has 5 rings (SSSR count). The number of methoxy groups -OCH3 is 4. The number of phenolic OH excluding ortho intramolecular Hbond substituents is 1. The number of phenols is 1. The van der Waals surface area contributed by atoms with Crippen LogP contribution in [-0.4, -0.2) is 70.4 Å². The van der Waals surface area contributed by atoms with Crippen LogP contribution in [0.4, 0.5) is 5.69 Å². The number of benzene rings is 3. The first-order chi connectivity index (χ1) is 18.9. The summed E-state index contributed by atoms with van der Waals surface area (Å²) in [6, 6.07) is 14.6. The lowest BCUT2D eigenvalue weighted by atomic mass is 10.0. The summed E-state index contributed by atoms with van der Waals surface area (Å²) in [7, 11) is 6.29.